The van der Waals surface area contributed by atoms with Gasteiger partial charge in [-0.05, 0) is 56.9 Å². The van der Waals surface area contributed by atoms with Crippen molar-refractivity contribution in [3.05, 3.63) is 42.5 Å². The van der Waals surface area contributed by atoms with Crippen LogP contribution in [0.2, 0.25) is 0 Å². The Morgan fingerprint density at radius 3 is 2.28 bits per heavy atom. The third kappa shape index (κ3) is 10.1. The van der Waals surface area contributed by atoms with Crippen molar-refractivity contribution in [2.24, 2.45) is 0 Å². The zero-order chi connectivity index (χ0) is 21.5. The highest BCUT2D eigenvalue weighted by molar-refractivity contribution is 5.96. The van der Waals surface area contributed by atoms with Crippen LogP contribution in [0, 0.1) is 0 Å². The lowest BCUT2D eigenvalue weighted by Crippen LogP contribution is -2.37. The van der Waals surface area contributed by atoms with Crippen LogP contribution in [0.3, 0.4) is 0 Å². The second kappa shape index (κ2) is 14.4. The third-order valence-electron chi connectivity index (χ3n) is 5.66. The molecule has 0 radical (unpaired) electrons. The maximum absolute atomic E-state index is 11.9. The number of hydrogen-bond donors (Lipinski definition) is 0. The van der Waals surface area contributed by atoms with Gasteiger partial charge in [0.1, 0.15) is 11.4 Å². The molecule has 0 aromatic heterocycles. The number of aryl methyl sites for hydroxylation is 1. The number of rotatable bonds is 17. The van der Waals surface area contributed by atoms with Crippen molar-refractivity contribution in [3.8, 4) is 5.75 Å². The summed E-state index contributed by atoms with van der Waals surface area (Å²) in [6.45, 7) is 12.1. The highest BCUT2D eigenvalue weighted by Gasteiger charge is 2.29. The Morgan fingerprint density at radius 1 is 1.07 bits per heavy atom. The van der Waals surface area contributed by atoms with Gasteiger partial charge in [0.15, 0.2) is 5.78 Å². The van der Waals surface area contributed by atoms with E-state index in [-0.39, 0.29) is 11.9 Å². The fraction of sp³-hybridized carbons (Fsp3) is 0.654. The standard InChI is InChI=1S/C26H42O3/c1-6-9-10-11-12-13-14-15-23-16-18-24(19-17-23)29-22(4)20-21-28-26(5,8-3)25(27)7-2/h7,16-19,22H,2,6,8-15,20-21H2,1,3-5H3. The number of ether oxygens (including phenoxy) is 2. The summed E-state index contributed by atoms with van der Waals surface area (Å²) < 4.78 is 11.8. The molecule has 0 aliphatic heterocycles. The molecule has 0 spiro atoms. The summed E-state index contributed by atoms with van der Waals surface area (Å²) in [5, 5.41) is 0. The van der Waals surface area contributed by atoms with E-state index in [9.17, 15) is 4.79 Å². The van der Waals surface area contributed by atoms with Gasteiger partial charge in [-0.1, -0.05) is 71.1 Å². The van der Waals surface area contributed by atoms with Gasteiger partial charge < -0.3 is 9.47 Å². The first kappa shape index (κ1) is 25.4. The van der Waals surface area contributed by atoms with E-state index in [1.165, 1.54) is 56.6 Å². The van der Waals surface area contributed by atoms with Crippen molar-refractivity contribution in [3.63, 3.8) is 0 Å². The van der Waals surface area contributed by atoms with Crippen LogP contribution in [0.5, 0.6) is 5.75 Å². The topological polar surface area (TPSA) is 35.5 Å². The number of unbranched alkanes of at least 4 members (excludes halogenated alkanes) is 6. The summed E-state index contributed by atoms with van der Waals surface area (Å²) in [4.78, 5) is 11.9. The third-order valence-corrected chi connectivity index (χ3v) is 5.66. The van der Waals surface area contributed by atoms with E-state index in [2.05, 4.69) is 37.8 Å². The zero-order valence-corrected chi connectivity index (χ0v) is 19.2. The molecule has 0 heterocycles. The van der Waals surface area contributed by atoms with Crippen LogP contribution in [-0.4, -0.2) is 24.1 Å². The molecule has 3 nitrogen and oxygen atoms in total. The SMILES string of the molecule is C=CC(=O)C(C)(CC)OCCC(C)Oc1ccc(CCCCCCCCC)cc1. The number of benzene rings is 1. The lowest BCUT2D eigenvalue weighted by molar-refractivity contribution is -0.138. The average molecular weight is 403 g/mol. The van der Waals surface area contributed by atoms with Gasteiger partial charge in [0.2, 0.25) is 0 Å². The molecule has 0 N–H and O–H groups in total. The lowest BCUT2D eigenvalue weighted by atomic mass is 9.97. The van der Waals surface area contributed by atoms with Crippen LogP contribution < -0.4 is 4.74 Å². The van der Waals surface area contributed by atoms with Gasteiger partial charge in [0.05, 0.1) is 12.7 Å². The summed E-state index contributed by atoms with van der Waals surface area (Å²) in [7, 11) is 0. The molecular weight excluding hydrogens is 360 g/mol. The molecule has 0 aliphatic rings. The molecule has 1 aromatic carbocycles. The van der Waals surface area contributed by atoms with E-state index in [4.69, 9.17) is 9.47 Å². The molecule has 0 saturated heterocycles. The molecule has 0 amide bonds. The van der Waals surface area contributed by atoms with Gasteiger partial charge in [-0.2, -0.15) is 0 Å². The van der Waals surface area contributed by atoms with Crippen molar-refractivity contribution >= 4 is 5.78 Å². The molecule has 2 atom stereocenters. The van der Waals surface area contributed by atoms with Gasteiger partial charge in [-0.25, -0.2) is 0 Å². The molecule has 2 unspecified atom stereocenters. The number of ketones is 1. The van der Waals surface area contributed by atoms with Gasteiger partial charge in [-0.3, -0.25) is 4.79 Å². The Morgan fingerprint density at radius 2 is 1.69 bits per heavy atom. The molecule has 29 heavy (non-hydrogen) atoms. The summed E-state index contributed by atoms with van der Waals surface area (Å²) in [5.41, 5.74) is 0.600. The first-order chi connectivity index (χ1) is 13.9. The average Bonchev–Trinajstić information content (AvgIpc) is 2.73. The highest BCUT2D eigenvalue weighted by Crippen LogP contribution is 2.20. The fourth-order valence-electron chi connectivity index (χ4n) is 3.33. The van der Waals surface area contributed by atoms with E-state index >= 15 is 0 Å². The van der Waals surface area contributed by atoms with Crippen LogP contribution in [0.15, 0.2) is 36.9 Å². The monoisotopic (exact) mass is 402 g/mol. The van der Waals surface area contributed by atoms with E-state index in [1.807, 2.05) is 20.8 Å². The summed E-state index contributed by atoms with van der Waals surface area (Å²) in [6, 6.07) is 8.47. The van der Waals surface area contributed by atoms with E-state index in [0.717, 1.165) is 18.6 Å². The van der Waals surface area contributed by atoms with Crippen molar-refractivity contribution in [1.29, 1.82) is 0 Å². The number of hydrogen-bond acceptors (Lipinski definition) is 3. The van der Waals surface area contributed by atoms with Gasteiger partial charge in [0, 0.05) is 6.42 Å². The fourth-order valence-corrected chi connectivity index (χ4v) is 3.33. The van der Waals surface area contributed by atoms with Gasteiger partial charge >= 0.3 is 0 Å². The molecule has 164 valence electrons. The number of carbonyl (C=O) groups excluding carboxylic acids is 1. The summed E-state index contributed by atoms with van der Waals surface area (Å²) in [5.74, 6) is 0.825. The smallest absolute Gasteiger partial charge is 0.186 e. The lowest BCUT2D eigenvalue weighted by Gasteiger charge is -2.26. The Balaban J connectivity index is 2.28. The molecule has 0 saturated carbocycles. The van der Waals surface area contributed by atoms with E-state index in [1.54, 1.807) is 0 Å². The minimum Gasteiger partial charge on any atom is -0.491 e. The van der Waals surface area contributed by atoms with Gasteiger partial charge in [0.25, 0.3) is 0 Å². The van der Waals surface area contributed by atoms with Crippen molar-refractivity contribution in [2.45, 2.75) is 104 Å². The minimum atomic E-state index is -0.779. The molecule has 0 aliphatic carbocycles. The minimum absolute atomic E-state index is 0.0314. The maximum atomic E-state index is 11.9. The van der Waals surface area contributed by atoms with Crippen molar-refractivity contribution in [2.75, 3.05) is 6.61 Å². The molecular formula is C26H42O3. The largest absolute Gasteiger partial charge is 0.491 e. The highest BCUT2D eigenvalue weighted by atomic mass is 16.5. The number of carbonyl (C=O) groups is 1. The predicted molar refractivity (Wildman–Crippen MR) is 123 cm³/mol. The molecule has 0 fully saturated rings. The quantitative estimate of drug-likeness (QED) is 0.206. The predicted octanol–water partition coefficient (Wildman–Crippen LogP) is 7.08. The Kier molecular flexibility index (Phi) is 12.6. The van der Waals surface area contributed by atoms with Crippen LogP contribution in [0.1, 0.15) is 91.0 Å². The summed E-state index contributed by atoms with van der Waals surface area (Å²) >= 11 is 0. The first-order valence-corrected chi connectivity index (χ1v) is 11.5. The van der Waals surface area contributed by atoms with Crippen molar-refractivity contribution < 1.29 is 14.3 Å². The molecule has 1 rings (SSSR count). The Hall–Kier alpha value is -1.61. The maximum Gasteiger partial charge on any atom is 0.186 e. The van der Waals surface area contributed by atoms with E-state index in [0.29, 0.717) is 13.0 Å². The molecule has 3 heteroatoms. The second-order valence-corrected chi connectivity index (χ2v) is 8.23. The summed E-state index contributed by atoms with van der Waals surface area (Å²) in [6.07, 6.45) is 13.3. The molecule has 1 aromatic rings. The first-order valence-electron chi connectivity index (χ1n) is 11.5. The van der Waals surface area contributed by atoms with Crippen LogP contribution in [-0.2, 0) is 16.0 Å². The van der Waals surface area contributed by atoms with Crippen LogP contribution >= 0.6 is 0 Å². The second-order valence-electron chi connectivity index (χ2n) is 8.23. The van der Waals surface area contributed by atoms with Crippen LogP contribution in [0.4, 0.5) is 0 Å². The normalized spacial score (nSPS) is 14.2. The Labute approximate surface area is 178 Å². The van der Waals surface area contributed by atoms with Gasteiger partial charge in [-0.15, -0.1) is 0 Å². The van der Waals surface area contributed by atoms with Crippen LogP contribution in [0.25, 0.3) is 0 Å². The van der Waals surface area contributed by atoms with E-state index < -0.39 is 5.60 Å². The zero-order valence-electron chi connectivity index (χ0n) is 19.2. The van der Waals surface area contributed by atoms with Crippen molar-refractivity contribution in [1.82, 2.24) is 0 Å². The Bertz CT molecular complexity index is 578. The molecule has 0 bridgehead atoms.